The summed E-state index contributed by atoms with van der Waals surface area (Å²) in [6, 6.07) is 26.1. The van der Waals surface area contributed by atoms with E-state index in [4.69, 9.17) is 19.8 Å². The van der Waals surface area contributed by atoms with Crippen LogP contribution in [0.5, 0.6) is 5.75 Å². The molecule has 0 saturated carbocycles. The minimum atomic E-state index is -5.08. The second-order valence-corrected chi connectivity index (χ2v) is 11.2. The van der Waals surface area contributed by atoms with Gasteiger partial charge in [-0.3, -0.25) is 24.6 Å². The Morgan fingerprint density at radius 3 is 2.27 bits per heavy atom. The molecule has 3 amide bonds. The van der Waals surface area contributed by atoms with Gasteiger partial charge < -0.3 is 20.1 Å². The fourth-order valence-corrected chi connectivity index (χ4v) is 5.30. The summed E-state index contributed by atoms with van der Waals surface area (Å²) in [5.74, 6) is -3.25. The lowest BCUT2D eigenvalue weighted by Crippen LogP contribution is -2.53. The number of carboxylic acid groups (broad SMARTS) is 1. The average Bonchev–Trinajstić information content (AvgIpc) is 3.47. The SMILES string of the molecule is Cc1cc(COc2ccc(C(=O)NC3(CC(=O)NO)CCN(C(=O)Cc4ccccc4)C3)cc2)c2ccccc2n1.O=C(O)C(F)(F)F. The highest BCUT2D eigenvalue weighted by atomic mass is 19.4. The van der Waals surface area contributed by atoms with Gasteiger partial charge in [0.2, 0.25) is 11.8 Å². The third-order valence-electron chi connectivity index (χ3n) is 7.59. The molecule has 14 heteroatoms. The molecule has 3 aromatic carbocycles. The quantitative estimate of drug-likeness (QED) is 0.149. The number of pyridine rings is 1. The van der Waals surface area contributed by atoms with E-state index < -0.39 is 23.6 Å². The Bertz CT molecular complexity index is 1770. The van der Waals surface area contributed by atoms with Gasteiger partial charge >= 0.3 is 12.1 Å². The van der Waals surface area contributed by atoms with Crippen molar-refractivity contribution in [2.45, 2.75) is 44.5 Å². The number of para-hydroxylation sites is 1. The van der Waals surface area contributed by atoms with Crippen molar-refractivity contribution in [3.8, 4) is 5.75 Å². The van der Waals surface area contributed by atoms with Gasteiger partial charge in [-0.1, -0.05) is 48.5 Å². The molecule has 1 aliphatic rings. The van der Waals surface area contributed by atoms with E-state index in [1.54, 1.807) is 34.6 Å². The van der Waals surface area contributed by atoms with Crippen LogP contribution in [0.15, 0.2) is 84.9 Å². The fourth-order valence-electron chi connectivity index (χ4n) is 5.30. The highest BCUT2D eigenvalue weighted by Crippen LogP contribution is 2.27. The van der Waals surface area contributed by atoms with Crippen LogP contribution < -0.4 is 15.5 Å². The molecule has 1 atom stereocenters. The van der Waals surface area contributed by atoms with Crippen molar-refractivity contribution in [1.29, 1.82) is 0 Å². The Balaban J connectivity index is 0.000000671. The number of carbonyl (C=O) groups excluding carboxylic acids is 3. The van der Waals surface area contributed by atoms with Gasteiger partial charge in [0.25, 0.3) is 5.91 Å². The van der Waals surface area contributed by atoms with Gasteiger partial charge in [0.1, 0.15) is 12.4 Å². The fraction of sp³-hybridized carbons (Fsp3) is 0.265. The number of alkyl halides is 3. The van der Waals surface area contributed by atoms with Crippen molar-refractivity contribution in [3.05, 3.63) is 107 Å². The summed E-state index contributed by atoms with van der Waals surface area (Å²) in [7, 11) is 0. The molecule has 0 spiro atoms. The van der Waals surface area contributed by atoms with E-state index in [0.29, 0.717) is 30.9 Å². The lowest BCUT2D eigenvalue weighted by Gasteiger charge is -2.30. The second kappa shape index (κ2) is 15.4. The van der Waals surface area contributed by atoms with Crippen LogP contribution in [0, 0.1) is 6.92 Å². The number of aliphatic carboxylic acids is 1. The summed E-state index contributed by atoms with van der Waals surface area (Å²) in [5, 5.41) is 20.3. The molecule has 0 aliphatic carbocycles. The zero-order chi connectivity index (χ0) is 34.9. The number of aromatic nitrogens is 1. The number of halogens is 3. The maximum Gasteiger partial charge on any atom is 0.490 e. The molecule has 48 heavy (non-hydrogen) atoms. The number of carbonyl (C=O) groups is 4. The van der Waals surface area contributed by atoms with Gasteiger partial charge in [0.05, 0.1) is 23.9 Å². The number of benzene rings is 3. The summed E-state index contributed by atoms with van der Waals surface area (Å²) in [5.41, 5.74) is 4.76. The van der Waals surface area contributed by atoms with Gasteiger partial charge in [-0.25, -0.2) is 10.3 Å². The average molecular weight is 667 g/mol. The van der Waals surface area contributed by atoms with Crippen LogP contribution >= 0.6 is 0 Å². The molecule has 0 radical (unpaired) electrons. The van der Waals surface area contributed by atoms with Crippen LogP contribution in [0.2, 0.25) is 0 Å². The zero-order valence-electron chi connectivity index (χ0n) is 25.8. The maximum absolute atomic E-state index is 13.3. The largest absolute Gasteiger partial charge is 0.490 e. The van der Waals surface area contributed by atoms with E-state index in [-0.39, 0.29) is 31.2 Å². The van der Waals surface area contributed by atoms with Crippen molar-refractivity contribution < 1.29 is 47.4 Å². The molecule has 1 saturated heterocycles. The van der Waals surface area contributed by atoms with Crippen LogP contribution in [-0.2, 0) is 27.4 Å². The first kappa shape index (κ1) is 35.4. The number of amides is 3. The number of nitrogens with one attached hydrogen (secondary N) is 2. The number of carboxylic acids is 1. The topological polar surface area (TPSA) is 158 Å². The van der Waals surface area contributed by atoms with E-state index in [1.807, 2.05) is 67.6 Å². The predicted octanol–water partition coefficient (Wildman–Crippen LogP) is 4.59. The van der Waals surface area contributed by atoms with E-state index in [1.165, 1.54) is 0 Å². The Morgan fingerprint density at radius 2 is 1.62 bits per heavy atom. The van der Waals surface area contributed by atoms with Crippen LogP contribution in [0.4, 0.5) is 13.2 Å². The zero-order valence-corrected chi connectivity index (χ0v) is 25.8. The molecule has 0 bridgehead atoms. The highest BCUT2D eigenvalue weighted by Gasteiger charge is 2.43. The third kappa shape index (κ3) is 9.51. The number of fused-ring (bicyclic) bond motifs is 1. The van der Waals surface area contributed by atoms with Crippen molar-refractivity contribution in [3.63, 3.8) is 0 Å². The minimum absolute atomic E-state index is 0.0876. The molecule has 1 fully saturated rings. The minimum Gasteiger partial charge on any atom is -0.489 e. The number of hydroxylamine groups is 1. The van der Waals surface area contributed by atoms with E-state index in [9.17, 15) is 27.6 Å². The molecule has 1 aliphatic heterocycles. The summed E-state index contributed by atoms with van der Waals surface area (Å²) in [4.78, 5) is 53.5. The van der Waals surface area contributed by atoms with E-state index in [0.717, 1.165) is 27.7 Å². The molecular formula is C34H33F3N4O7. The number of aryl methyl sites for hydroxylation is 1. The van der Waals surface area contributed by atoms with Crippen LogP contribution in [0.25, 0.3) is 10.9 Å². The standard InChI is InChI=1S/C32H32N4O5.C2HF3O2/c1-22-17-25(27-9-5-6-10-28(27)33-22)20-41-26-13-11-24(12-14-26)31(39)34-32(19-29(37)35-40)15-16-36(21-32)30(38)18-23-7-3-2-4-8-23;3-2(4,5)1(6)7/h2-14,17,40H,15-16,18-21H2,1H3,(H,34,39)(H,35,37);(H,6,7). The van der Waals surface area contributed by atoms with E-state index >= 15 is 0 Å². The summed E-state index contributed by atoms with van der Waals surface area (Å²) < 4.78 is 37.8. The Kier molecular flexibility index (Phi) is 11.3. The number of ether oxygens (including phenoxy) is 1. The Labute approximate surface area is 273 Å². The predicted molar refractivity (Wildman–Crippen MR) is 167 cm³/mol. The number of hydrogen-bond acceptors (Lipinski definition) is 7. The number of rotatable bonds is 9. The number of hydrogen-bond donors (Lipinski definition) is 4. The van der Waals surface area contributed by atoms with Gasteiger partial charge in [0, 0.05) is 35.3 Å². The first-order valence-corrected chi connectivity index (χ1v) is 14.7. The van der Waals surface area contributed by atoms with Crippen LogP contribution in [0.3, 0.4) is 0 Å². The first-order chi connectivity index (χ1) is 22.8. The molecule has 11 nitrogen and oxygen atoms in total. The molecular weight excluding hydrogens is 633 g/mol. The van der Waals surface area contributed by atoms with Gasteiger partial charge in [-0.05, 0) is 55.3 Å². The molecule has 1 aromatic heterocycles. The number of nitrogens with zero attached hydrogens (tertiary/aromatic N) is 2. The summed E-state index contributed by atoms with van der Waals surface area (Å²) in [6.07, 6.45) is -4.63. The lowest BCUT2D eigenvalue weighted by atomic mass is 9.93. The Morgan fingerprint density at radius 1 is 0.979 bits per heavy atom. The molecule has 4 N–H and O–H groups in total. The normalized spacial score (nSPS) is 15.6. The molecule has 5 rings (SSSR count). The molecule has 1 unspecified atom stereocenters. The first-order valence-electron chi connectivity index (χ1n) is 14.7. The molecule has 252 valence electrons. The molecule has 4 aromatic rings. The van der Waals surface area contributed by atoms with Crippen molar-refractivity contribution in [1.82, 2.24) is 20.7 Å². The van der Waals surface area contributed by atoms with Crippen molar-refractivity contribution >= 4 is 34.6 Å². The van der Waals surface area contributed by atoms with Crippen molar-refractivity contribution in [2.24, 2.45) is 0 Å². The molecule has 2 heterocycles. The van der Waals surface area contributed by atoms with Crippen molar-refractivity contribution in [2.75, 3.05) is 13.1 Å². The van der Waals surface area contributed by atoms with Gasteiger partial charge in [0.15, 0.2) is 0 Å². The maximum atomic E-state index is 13.3. The third-order valence-corrected chi connectivity index (χ3v) is 7.59. The van der Waals surface area contributed by atoms with E-state index in [2.05, 4.69) is 10.3 Å². The number of likely N-dealkylation sites (tertiary alicyclic amines) is 1. The lowest BCUT2D eigenvalue weighted by molar-refractivity contribution is -0.192. The highest BCUT2D eigenvalue weighted by molar-refractivity contribution is 5.95. The second-order valence-electron chi connectivity index (χ2n) is 11.2. The van der Waals surface area contributed by atoms with Crippen LogP contribution in [-0.4, -0.2) is 68.7 Å². The van der Waals surface area contributed by atoms with Gasteiger partial charge in [-0.15, -0.1) is 0 Å². The van der Waals surface area contributed by atoms with Crippen LogP contribution in [0.1, 0.15) is 40.0 Å². The summed E-state index contributed by atoms with van der Waals surface area (Å²) in [6.45, 7) is 2.85. The summed E-state index contributed by atoms with van der Waals surface area (Å²) >= 11 is 0. The smallest absolute Gasteiger partial charge is 0.489 e. The Hall–Kier alpha value is -5.50. The monoisotopic (exact) mass is 666 g/mol. The van der Waals surface area contributed by atoms with Gasteiger partial charge in [-0.2, -0.15) is 13.2 Å².